The number of rotatable bonds is 5. The van der Waals surface area contributed by atoms with Crippen LogP contribution in [0.1, 0.15) is 19.3 Å². The smallest absolute Gasteiger partial charge is 0.321 e. The highest BCUT2D eigenvalue weighted by atomic mass is 19.1. The normalized spacial score (nSPS) is 16.0. The van der Waals surface area contributed by atoms with Crippen molar-refractivity contribution in [1.82, 2.24) is 4.90 Å². The highest BCUT2D eigenvalue weighted by Crippen LogP contribution is 2.16. The summed E-state index contributed by atoms with van der Waals surface area (Å²) in [5.41, 5.74) is 5.90. The predicted molar refractivity (Wildman–Crippen MR) is 79.6 cm³/mol. The molecule has 0 radical (unpaired) electrons. The summed E-state index contributed by atoms with van der Waals surface area (Å²) >= 11 is 0. The van der Waals surface area contributed by atoms with Gasteiger partial charge in [-0.2, -0.15) is 0 Å². The first kappa shape index (κ1) is 15.7. The van der Waals surface area contributed by atoms with Crippen LogP contribution in [-0.2, 0) is 4.74 Å². The van der Waals surface area contributed by atoms with Crippen LogP contribution in [-0.4, -0.2) is 43.3 Å². The molecule has 0 saturated carbocycles. The number of nitrogens with two attached hydrogens (primary N) is 1. The second kappa shape index (κ2) is 7.95. The van der Waals surface area contributed by atoms with Crippen molar-refractivity contribution < 1.29 is 13.9 Å². The van der Waals surface area contributed by atoms with E-state index < -0.39 is 0 Å². The molecule has 0 spiro atoms. The minimum Gasteiger partial charge on any atom is -0.378 e. The van der Waals surface area contributed by atoms with E-state index in [1.165, 1.54) is 12.1 Å². The molecule has 1 aliphatic rings. The number of anilines is 1. The Morgan fingerprint density at radius 1 is 1.43 bits per heavy atom. The molecule has 21 heavy (non-hydrogen) atoms. The Kier molecular flexibility index (Phi) is 5.95. The van der Waals surface area contributed by atoms with Crippen LogP contribution in [0.15, 0.2) is 24.3 Å². The number of carbonyl (C=O) groups excluding carboxylic acids is 1. The third-order valence-electron chi connectivity index (χ3n) is 3.51. The van der Waals surface area contributed by atoms with Crippen LogP contribution in [0.5, 0.6) is 0 Å². The van der Waals surface area contributed by atoms with E-state index in [1.807, 2.05) is 0 Å². The SMILES string of the molecule is NCCCOC1CCN(C(=O)Nc2cccc(F)c2)CC1. The Hall–Kier alpha value is -1.66. The van der Waals surface area contributed by atoms with Crippen molar-refractivity contribution in [3.8, 4) is 0 Å². The van der Waals surface area contributed by atoms with Crippen LogP contribution in [0.25, 0.3) is 0 Å². The number of carbonyl (C=O) groups is 1. The number of ether oxygens (including phenoxy) is 1. The molecule has 0 atom stereocenters. The summed E-state index contributed by atoms with van der Waals surface area (Å²) in [5, 5.41) is 2.71. The highest BCUT2D eigenvalue weighted by molar-refractivity contribution is 5.89. The van der Waals surface area contributed by atoms with E-state index >= 15 is 0 Å². The van der Waals surface area contributed by atoms with E-state index in [-0.39, 0.29) is 18.0 Å². The molecule has 2 amide bonds. The number of benzene rings is 1. The highest BCUT2D eigenvalue weighted by Gasteiger charge is 2.23. The minimum atomic E-state index is -0.361. The standard InChI is InChI=1S/C15H22FN3O2/c16-12-3-1-4-13(11-12)18-15(20)19-8-5-14(6-9-19)21-10-2-7-17/h1,3-4,11,14H,2,5-10,17H2,(H,18,20). The lowest BCUT2D eigenvalue weighted by Gasteiger charge is -2.32. The van der Waals surface area contributed by atoms with E-state index in [9.17, 15) is 9.18 Å². The van der Waals surface area contributed by atoms with Crippen molar-refractivity contribution in [1.29, 1.82) is 0 Å². The van der Waals surface area contributed by atoms with E-state index in [2.05, 4.69) is 5.32 Å². The average molecular weight is 295 g/mol. The molecule has 1 fully saturated rings. The molecule has 0 bridgehead atoms. The van der Waals surface area contributed by atoms with E-state index in [4.69, 9.17) is 10.5 Å². The molecular weight excluding hydrogens is 273 g/mol. The van der Waals surface area contributed by atoms with Gasteiger partial charge in [-0.3, -0.25) is 0 Å². The van der Waals surface area contributed by atoms with Gasteiger partial charge in [-0.25, -0.2) is 9.18 Å². The zero-order valence-corrected chi connectivity index (χ0v) is 12.1. The molecule has 2 rings (SSSR count). The van der Waals surface area contributed by atoms with Crippen LogP contribution in [0.4, 0.5) is 14.9 Å². The quantitative estimate of drug-likeness (QED) is 0.818. The van der Waals surface area contributed by atoms with Gasteiger partial charge in [0, 0.05) is 25.4 Å². The summed E-state index contributed by atoms with van der Waals surface area (Å²) in [7, 11) is 0. The summed E-state index contributed by atoms with van der Waals surface area (Å²) in [6.45, 7) is 2.61. The van der Waals surface area contributed by atoms with Crippen molar-refractivity contribution in [2.45, 2.75) is 25.4 Å². The van der Waals surface area contributed by atoms with Gasteiger partial charge in [-0.05, 0) is 44.0 Å². The Morgan fingerprint density at radius 2 is 2.19 bits per heavy atom. The van der Waals surface area contributed by atoms with Gasteiger partial charge in [-0.15, -0.1) is 0 Å². The summed E-state index contributed by atoms with van der Waals surface area (Å²) < 4.78 is 18.8. The third kappa shape index (κ3) is 4.99. The lowest BCUT2D eigenvalue weighted by molar-refractivity contribution is 0.0156. The summed E-state index contributed by atoms with van der Waals surface area (Å²) in [5.74, 6) is -0.361. The fraction of sp³-hybridized carbons (Fsp3) is 0.533. The third-order valence-corrected chi connectivity index (χ3v) is 3.51. The molecule has 3 N–H and O–H groups in total. The maximum atomic E-state index is 13.1. The van der Waals surface area contributed by atoms with Gasteiger partial charge in [0.25, 0.3) is 0 Å². The van der Waals surface area contributed by atoms with Crippen molar-refractivity contribution in [3.63, 3.8) is 0 Å². The summed E-state index contributed by atoms with van der Waals surface area (Å²) in [6, 6.07) is 5.70. The van der Waals surface area contributed by atoms with Gasteiger partial charge in [0.15, 0.2) is 0 Å². The van der Waals surface area contributed by atoms with Gasteiger partial charge in [0.05, 0.1) is 6.10 Å². The molecule has 0 unspecified atom stereocenters. The molecule has 1 aromatic rings. The second-order valence-corrected chi connectivity index (χ2v) is 5.14. The number of amides is 2. The Bertz CT molecular complexity index is 462. The fourth-order valence-electron chi connectivity index (χ4n) is 2.33. The van der Waals surface area contributed by atoms with Gasteiger partial charge >= 0.3 is 6.03 Å². The molecule has 0 aromatic heterocycles. The summed E-state index contributed by atoms with van der Waals surface area (Å²) in [6.07, 6.45) is 2.71. The number of urea groups is 1. The van der Waals surface area contributed by atoms with Gasteiger partial charge in [0.2, 0.25) is 0 Å². The second-order valence-electron chi connectivity index (χ2n) is 5.14. The molecule has 0 aliphatic carbocycles. The topological polar surface area (TPSA) is 67.6 Å². The van der Waals surface area contributed by atoms with E-state index in [0.717, 1.165) is 19.3 Å². The molecule has 1 aliphatic heterocycles. The minimum absolute atomic E-state index is 0.194. The Labute approximate surface area is 124 Å². The molecule has 1 saturated heterocycles. The monoisotopic (exact) mass is 295 g/mol. The molecule has 6 heteroatoms. The Balaban J connectivity index is 1.75. The van der Waals surface area contributed by atoms with Crippen LogP contribution in [0.2, 0.25) is 0 Å². The fourth-order valence-corrected chi connectivity index (χ4v) is 2.33. The number of nitrogens with zero attached hydrogens (tertiary/aromatic N) is 1. The molecule has 1 aromatic carbocycles. The number of hydrogen-bond donors (Lipinski definition) is 2. The molecular formula is C15H22FN3O2. The van der Waals surface area contributed by atoms with Crippen molar-refractivity contribution in [2.24, 2.45) is 5.73 Å². The van der Waals surface area contributed by atoms with E-state index in [0.29, 0.717) is 31.9 Å². The predicted octanol–water partition coefficient (Wildman–Crippen LogP) is 2.19. The first-order valence-electron chi connectivity index (χ1n) is 7.32. The van der Waals surface area contributed by atoms with Crippen molar-refractivity contribution in [2.75, 3.05) is 31.6 Å². The van der Waals surface area contributed by atoms with E-state index in [1.54, 1.807) is 17.0 Å². The average Bonchev–Trinajstić information content (AvgIpc) is 2.48. The van der Waals surface area contributed by atoms with Gasteiger partial charge in [-0.1, -0.05) is 6.07 Å². The number of nitrogens with one attached hydrogen (secondary N) is 1. The van der Waals surface area contributed by atoms with Crippen LogP contribution >= 0.6 is 0 Å². The largest absolute Gasteiger partial charge is 0.378 e. The first-order chi connectivity index (χ1) is 10.2. The maximum absolute atomic E-state index is 13.1. The molecule has 5 nitrogen and oxygen atoms in total. The summed E-state index contributed by atoms with van der Waals surface area (Å²) in [4.78, 5) is 13.8. The lowest BCUT2D eigenvalue weighted by atomic mass is 10.1. The number of hydrogen-bond acceptors (Lipinski definition) is 3. The van der Waals surface area contributed by atoms with Crippen LogP contribution in [0, 0.1) is 5.82 Å². The number of piperidine rings is 1. The van der Waals surface area contributed by atoms with Crippen molar-refractivity contribution >= 4 is 11.7 Å². The maximum Gasteiger partial charge on any atom is 0.321 e. The number of likely N-dealkylation sites (tertiary alicyclic amines) is 1. The van der Waals surface area contributed by atoms with Gasteiger partial charge in [0.1, 0.15) is 5.82 Å². The van der Waals surface area contributed by atoms with Crippen LogP contribution in [0.3, 0.4) is 0 Å². The van der Waals surface area contributed by atoms with Crippen molar-refractivity contribution in [3.05, 3.63) is 30.1 Å². The number of halogens is 1. The Morgan fingerprint density at radius 3 is 2.86 bits per heavy atom. The molecule has 1 heterocycles. The van der Waals surface area contributed by atoms with Gasteiger partial charge < -0.3 is 20.7 Å². The molecule has 116 valence electrons. The zero-order chi connectivity index (χ0) is 15.1. The zero-order valence-electron chi connectivity index (χ0n) is 12.1. The lowest BCUT2D eigenvalue weighted by Crippen LogP contribution is -2.43. The first-order valence-corrected chi connectivity index (χ1v) is 7.32. The van der Waals surface area contributed by atoms with Crippen LogP contribution < -0.4 is 11.1 Å².